The Morgan fingerprint density at radius 3 is 2.50 bits per heavy atom. The van der Waals surface area contributed by atoms with Crippen LogP contribution in [-0.4, -0.2) is 10.8 Å². The second kappa shape index (κ2) is 7.25. The number of nitrogens with two attached hydrogens (primary N) is 1. The summed E-state index contributed by atoms with van der Waals surface area (Å²) in [6.07, 6.45) is 0. The normalized spacial score (nSPS) is 10.7. The fourth-order valence-corrected chi connectivity index (χ4v) is 1.63. The second-order valence-corrected chi connectivity index (χ2v) is 3.99. The van der Waals surface area contributed by atoms with Crippen LogP contribution in [0.15, 0.2) is 59.6 Å². The molecule has 0 aliphatic carbocycles. The first-order valence-corrected chi connectivity index (χ1v) is 5.75. The molecule has 5 nitrogen and oxygen atoms in total. The highest BCUT2D eigenvalue weighted by Gasteiger charge is 2.07. The average Bonchev–Trinajstić information content (AvgIpc) is 2.46. The zero-order valence-corrected chi connectivity index (χ0v) is 11.3. The number of non-ortho nitro benzene ring substituents is 1. The number of aliphatic imine (C=N–C) groups is 1. The second-order valence-electron chi connectivity index (χ2n) is 3.99. The third-order valence-corrected chi connectivity index (χ3v) is 2.63. The number of hydrogen-bond donors (Lipinski definition) is 1. The van der Waals surface area contributed by atoms with Crippen molar-refractivity contribution in [3.63, 3.8) is 0 Å². The molecule has 0 unspecified atom stereocenters. The first-order chi connectivity index (χ1) is 9.16. The maximum atomic E-state index is 10.7. The number of amidine groups is 1. The van der Waals surface area contributed by atoms with Crippen LogP contribution in [0.25, 0.3) is 0 Å². The summed E-state index contributed by atoms with van der Waals surface area (Å²) >= 11 is 0. The minimum atomic E-state index is -0.450. The summed E-state index contributed by atoms with van der Waals surface area (Å²) in [5.74, 6) is 0.299. The van der Waals surface area contributed by atoms with Gasteiger partial charge in [-0.1, -0.05) is 42.5 Å². The lowest BCUT2D eigenvalue weighted by molar-refractivity contribution is -0.384. The predicted octanol–water partition coefficient (Wildman–Crippen LogP) is -0.496. The Balaban J connectivity index is 0.00000200. The van der Waals surface area contributed by atoms with Crippen LogP contribution >= 0.6 is 0 Å². The summed E-state index contributed by atoms with van der Waals surface area (Å²) < 4.78 is 0. The topological polar surface area (TPSA) is 81.5 Å². The number of nitro groups is 1. The highest BCUT2D eigenvalue weighted by Crippen LogP contribution is 2.13. The van der Waals surface area contributed by atoms with Crippen LogP contribution in [0, 0.1) is 10.1 Å². The average molecular weight is 291 g/mol. The molecule has 0 spiro atoms. The Morgan fingerprint density at radius 1 is 1.15 bits per heavy atom. The van der Waals surface area contributed by atoms with E-state index in [0.29, 0.717) is 17.9 Å². The molecular weight excluding hydrogens is 278 g/mol. The van der Waals surface area contributed by atoms with Crippen LogP contribution in [0.1, 0.15) is 11.1 Å². The smallest absolute Gasteiger partial charge is 0.270 e. The van der Waals surface area contributed by atoms with Crippen molar-refractivity contribution in [2.45, 2.75) is 6.54 Å². The molecule has 0 saturated heterocycles. The van der Waals surface area contributed by atoms with Crippen molar-refractivity contribution in [1.29, 1.82) is 0 Å². The molecule has 2 aromatic carbocycles. The standard InChI is InChI=1S/C14H13N3O2.ClH/c15-14(16-10-11-5-2-1-3-6-11)12-7-4-8-13(9-12)17(18)19;/h1-9H,10H2,(H2,15,16);1H/p-1. The molecule has 2 rings (SSSR count). The van der Waals surface area contributed by atoms with Gasteiger partial charge in [0.25, 0.3) is 5.69 Å². The molecule has 2 aromatic rings. The van der Waals surface area contributed by atoms with Crippen LogP contribution in [0.4, 0.5) is 5.69 Å². The van der Waals surface area contributed by atoms with E-state index < -0.39 is 4.92 Å². The van der Waals surface area contributed by atoms with Gasteiger partial charge in [-0.25, -0.2) is 0 Å². The minimum Gasteiger partial charge on any atom is -1.00 e. The monoisotopic (exact) mass is 290 g/mol. The van der Waals surface area contributed by atoms with E-state index in [9.17, 15) is 10.1 Å². The number of nitro benzene ring substituents is 1. The predicted molar refractivity (Wildman–Crippen MR) is 74.0 cm³/mol. The molecular formula is C14H13ClN3O2-. The number of hydrogen-bond acceptors (Lipinski definition) is 3. The van der Waals surface area contributed by atoms with Gasteiger partial charge in [0.2, 0.25) is 0 Å². The first-order valence-electron chi connectivity index (χ1n) is 5.75. The molecule has 20 heavy (non-hydrogen) atoms. The van der Waals surface area contributed by atoms with E-state index in [2.05, 4.69) is 4.99 Å². The third-order valence-electron chi connectivity index (χ3n) is 2.63. The molecule has 104 valence electrons. The quantitative estimate of drug-likeness (QED) is 0.357. The fourth-order valence-electron chi connectivity index (χ4n) is 1.63. The van der Waals surface area contributed by atoms with Crippen molar-refractivity contribution in [2.24, 2.45) is 10.7 Å². The molecule has 0 aliphatic rings. The Hall–Kier alpha value is -2.40. The minimum absolute atomic E-state index is 0. The van der Waals surface area contributed by atoms with Crippen molar-refractivity contribution in [2.75, 3.05) is 0 Å². The number of benzene rings is 2. The zero-order chi connectivity index (χ0) is 13.7. The van der Waals surface area contributed by atoms with Crippen molar-refractivity contribution in [3.8, 4) is 0 Å². The molecule has 0 amide bonds. The summed E-state index contributed by atoms with van der Waals surface area (Å²) in [5.41, 5.74) is 7.45. The molecule has 0 fully saturated rings. The van der Waals surface area contributed by atoms with Gasteiger partial charge >= 0.3 is 0 Å². The third kappa shape index (κ3) is 4.07. The first kappa shape index (κ1) is 15.7. The van der Waals surface area contributed by atoms with Gasteiger partial charge in [0, 0.05) is 17.7 Å². The Kier molecular flexibility index (Phi) is 5.68. The number of halogens is 1. The molecule has 0 heterocycles. The van der Waals surface area contributed by atoms with E-state index >= 15 is 0 Å². The number of rotatable bonds is 4. The number of nitrogens with zero attached hydrogens (tertiary/aromatic N) is 2. The SMILES string of the molecule is NC(=NCc1ccccc1)c1cccc([N+](=O)[O-])c1.[Cl-]. The Labute approximate surface area is 122 Å². The highest BCUT2D eigenvalue weighted by molar-refractivity contribution is 5.97. The van der Waals surface area contributed by atoms with E-state index in [4.69, 9.17) is 5.73 Å². The van der Waals surface area contributed by atoms with E-state index in [0.717, 1.165) is 5.56 Å². The van der Waals surface area contributed by atoms with Crippen LogP contribution in [-0.2, 0) is 6.54 Å². The van der Waals surface area contributed by atoms with E-state index in [1.807, 2.05) is 30.3 Å². The zero-order valence-electron chi connectivity index (χ0n) is 10.6. The summed E-state index contributed by atoms with van der Waals surface area (Å²) in [6, 6.07) is 15.8. The largest absolute Gasteiger partial charge is 1.00 e. The van der Waals surface area contributed by atoms with Gasteiger partial charge in [-0.3, -0.25) is 15.1 Å². The van der Waals surface area contributed by atoms with Gasteiger partial charge in [-0.15, -0.1) is 0 Å². The van der Waals surface area contributed by atoms with Gasteiger partial charge in [-0.05, 0) is 5.56 Å². The van der Waals surface area contributed by atoms with Crippen LogP contribution in [0.2, 0.25) is 0 Å². The molecule has 0 aromatic heterocycles. The van der Waals surface area contributed by atoms with Gasteiger partial charge in [0.1, 0.15) is 5.84 Å². The van der Waals surface area contributed by atoms with E-state index in [1.165, 1.54) is 12.1 Å². The Bertz CT molecular complexity index is 615. The molecule has 0 aliphatic heterocycles. The molecule has 0 atom stereocenters. The summed E-state index contributed by atoms with van der Waals surface area (Å²) in [7, 11) is 0. The van der Waals surface area contributed by atoms with Gasteiger partial charge in [0.05, 0.1) is 11.5 Å². The van der Waals surface area contributed by atoms with E-state index in [1.54, 1.807) is 12.1 Å². The molecule has 0 saturated carbocycles. The summed E-state index contributed by atoms with van der Waals surface area (Å²) in [4.78, 5) is 14.5. The molecule has 0 bridgehead atoms. The van der Waals surface area contributed by atoms with Gasteiger partial charge in [-0.2, -0.15) is 0 Å². The summed E-state index contributed by atoms with van der Waals surface area (Å²) in [6.45, 7) is 0.454. The lowest BCUT2D eigenvalue weighted by Crippen LogP contribution is -3.00. The lowest BCUT2D eigenvalue weighted by atomic mass is 10.2. The summed E-state index contributed by atoms with van der Waals surface area (Å²) in [5, 5.41) is 10.7. The van der Waals surface area contributed by atoms with Crippen molar-refractivity contribution >= 4 is 11.5 Å². The van der Waals surface area contributed by atoms with Gasteiger partial charge in [0.15, 0.2) is 0 Å². The highest BCUT2D eigenvalue weighted by atomic mass is 35.5. The van der Waals surface area contributed by atoms with Crippen molar-refractivity contribution in [1.82, 2.24) is 0 Å². The Morgan fingerprint density at radius 2 is 1.85 bits per heavy atom. The van der Waals surface area contributed by atoms with Crippen LogP contribution in [0.5, 0.6) is 0 Å². The van der Waals surface area contributed by atoms with E-state index in [-0.39, 0.29) is 18.1 Å². The van der Waals surface area contributed by atoms with Crippen molar-refractivity contribution in [3.05, 3.63) is 75.8 Å². The van der Waals surface area contributed by atoms with Crippen LogP contribution in [0.3, 0.4) is 0 Å². The fraction of sp³-hybridized carbons (Fsp3) is 0.0714. The van der Waals surface area contributed by atoms with Crippen LogP contribution < -0.4 is 18.1 Å². The van der Waals surface area contributed by atoms with Crippen molar-refractivity contribution < 1.29 is 17.3 Å². The maximum absolute atomic E-state index is 10.7. The molecule has 6 heteroatoms. The maximum Gasteiger partial charge on any atom is 0.270 e. The molecule has 2 N–H and O–H groups in total. The van der Waals surface area contributed by atoms with Gasteiger partial charge < -0.3 is 18.1 Å². The lowest BCUT2D eigenvalue weighted by Gasteiger charge is -2.01. The molecule has 0 radical (unpaired) electrons.